The quantitative estimate of drug-likeness (QED) is 0.855. The van der Waals surface area contributed by atoms with E-state index in [1.54, 1.807) is 12.1 Å². The van der Waals surface area contributed by atoms with Gasteiger partial charge in [0.2, 0.25) is 5.91 Å². The van der Waals surface area contributed by atoms with Crippen molar-refractivity contribution in [2.75, 3.05) is 5.32 Å². The number of hydrogen-bond donors (Lipinski definition) is 1. The van der Waals surface area contributed by atoms with Crippen molar-refractivity contribution in [2.24, 2.45) is 23.7 Å². The van der Waals surface area contributed by atoms with E-state index < -0.39 is 0 Å². The SMILES string of the molecule is Cc1ccc(Cl)cc1NC(=O)[C@@H]1[C@@H]2C[C@@H]3[C@H]1C(=O)O[C@@H]3C2. The van der Waals surface area contributed by atoms with Gasteiger partial charge < -0.3 is 10.1 Å². The van der Waals surface area contributed by atoms with Crippen LogP contribution < -0.4 is 5.32 Å². The lowest BCUT2D eigenvalue weighted by Gasteiger charge is -2.24. The first-order valence-electron chi connectivity index (χ1n) is 7.32. The van der Waals surface area contributed by atoms with Gasteiger partial charge in [-0.3, -0.25) is 9.59 Å². The number of amides is 1. The molecule has 5 atom stereocenters. The molecule has 1 aromatic carbocycles. The molecule has 0 unspecified atom stereocenters. The van der Waals surface area contributed by atoms with Crippen LogP contribution in [0, 0.1) is 30.6 Å². The molecule has 0 spiro atoms. The Balaban J connectivity index is 1.58. The van der Waals surface area contributed by atoms with Gasteiger partial charge in [-0.05, 0) is 43.4 Å². The van der Waals surface area contributed by atoms with Gasteiger partial charge in [0, 0.05) is 16.6 Å². The highest BCUT2D eigenvalue weighted by Crippen LogP contribution is 2.57. The zero-order valence-corrected chi connectivity index (χ0v) is 12.4. The Kier molecular flexibility index (Phi) is 2.80. The molecule has 0 aromatic heterocycles. The van der Waals surface area contributed by atoms with Crippen LogP contribution in [-0.2, 0) is 14.3 Å². The predicted molar refractivity (Wildman–Crippen MR) is 77.9 cm³/mol. The highest BCUT2D eigenvalue weighted by atomic mass is 35.5. The molecule has 1 amide bonds. The van der Waals surface area contributed by atoms with Crippen molar-refractivity contribution in [1.82, 2.24) is 0 Å². The van der Waals surface area contributed by atoms with Crippen molar-refractivity contribution in [1.29, 1.82) is 0 Å². The van der Waals surface area contributed by atoms with Crippen molar-refractivity contribution in [2.45, 2.75) is 25.9 Å². The third-order valence-corrected chi connectivity index (χ3v) is 5.48. The molecular weight excluding hydrogens is 290 g/mol. The zero-order valence-electron chi connectivity index (χ0n) is 11.6. The summed E-state index contributed by atoms with van der Waals surface area (Å²) >= 11 is 5.98. The minimum atomic E-state index is -0.250. The molecule has 1 heterocycles. The molecule has 2 bridgehead atoms. The molecule has 110 valence electrons. The van der Waals surface area contributed by atoms with Crippen LogP contribution in [0.3, 0.4) is 0 Å². The van der Waals surface area contributed by atoms with Crippen molar-refractivity contribution < 1.29 is 14.3 Å². The number of carbonyl (C=O) groups excluding carboxylic acids is 2. The second-order valence-electron chi connectivity index (χ2n) is 6.37. The highest BCUT2D eigenvalue weighted by Gasteiger charge is 2.63. The van der Waals surface area contributed by atoms with E-state index in [1.165, 1.54) is 0 Å². The van der Waals surface area contributed by atoms with Crippen molar-refractivity contribution >= 4 is 29.2 Å². The molecule has 3 aliphatic rings. The minimum Gasteiger partial charge on any atom is -0.462 e. The van der Waals surface area contributed by atoms with E-state index >= 15 is 0 Å². The maximum absolute atomic E-state index is 12.6. The number of nitrogens with one attached hydrogen (secondary N) is 1. The number of ether oxygens (including phenoxy) is 1. The number of benzene rings is 1. The first-order chi connectivity index (χ1) is 10.0. The number of aryl methyl sites for hydroxylation is 1. The van der Waals surface area contributed by atoms with E-state index in [4.69, 9.17) is 16.3 Å². The Bertz CT molecular complexity index is 642. The minimum absolute atomic E-state index is 0.0597. The van der Waals surface area contributed by atoms with Gasteiger partial charge in [-0.25, -0.2) is 0 Å². The van der Waals surface area contributed by atoms with Crippen LogP contribution in [0.15, 0.2) is 18.2 Å². The van der Waals surface area contributed by atoms with E-state index in [1.807, 2.05) is 13.0 Å². The molecule has 2 aliphatic carbocycles. The summed E-state index contributed by atoms with van der Waals surface area (Å²) in [6.07, 6.45) is 1.83. The van der Waals surface area contributed by atoms with Gasteiger partial charge in [0.25, 0.3) is 0 Å². The Hall–Kier alpha value is -1.55. The lowest BCUT2D eigenvalue weighted by molar-refractivity contribution is -0.145. The molecule has 1 aromatic rings. The number of anilines is 1. The summed E-state index contributed by atoms with van der Waals surface area (Å²) in [5.74, 6) is -0.231. The summed E-state index contributed by atoms with van der Waals surface area (Å²) in [6, 6.07) is 5.42. The van der Waals surface area contributed by atoms with Crippen LogP contribution in [0.1, 0.15) is 18.4 Å². The first kappa shape index (κ1) is 13.1. The molecule has 1 saturated heterocycles. The van der Waals surface area contributed by atoms with Crippen molar-refractivity contribution in [3.05, 3.63) is 28.8 Å². The lowest BCUT2D eigenvalue weighted by Crippen LogP contribution is -2.36. The van der Waals surface area contributed by atoms with Crippen LogP contribution in [0.2, 0.25) is 5.02 Å². The van der Waals surface area contributed by atoms with Crippen molar-refractivity contribution in [3.8, 4) is 0 Å². The van der Waals surface area contributed by atoms with Crippen LogP contribution in [0.5, 0.6) is 0 Å². The molecule has 1 N–H and O–H groups in total. The Labute approximate surface area is 127 Å². The average molecular weight is 306 g/mol. The second kappa shape index (κ2) is 4.47. The molecule has 2 saturated carbocycles. The Morgan fingerprint density at radius 1 is 1.38 bits per heavy atom. The van der Waals surface area contributed by atoms with E-state index in [0.29, 0.717) is 5.02 Å². The third kappa shape index (κ3) is 1.89. The number of hydrogen-bond acceptors (Lipinski definition) is 3. The molecule has 3 fully saturated rings. The normalized spacial score (nSPS) is 35.9. The Morgan fingerprint density at radius 2 is 2.19 bits per heavy atom. The highest BCUT2D eigenvalue weighted by molar-refractivity contribution is 6.31. The fraction of sp³-hybridized carbons (Fsp3) is 0.500. The first-order valence-corrected chi connectivity index (χ1v) is 7.70. The van der Waals surface area contributed by atoms with Crippen LogP contribution in [-0.4, -0.2) is 18.0 Å². The summed E-state index contributed by atoms with van der Waals surface area (Å²) < 4.78 is 5.37. The standard InChI is InChI=1S/C16H16ClNO3/c1-7-2-3-9(17)6-11(7)18-15(19)13-8-4-10-12(5-8)21-16(20)14(10)13/h2-3,6,8,10,12-14H,4-5H2,1H3,(H,18,19)/t8-,10+,12-,13-,14-/m1/s1. The fourth-order valence-electron chi connectivity index (χ4n) is 4.31. The summed E-state index contributed by atoms with van der Waals surface area (Å²) in [5.41, 5.74) is 1.68. The number of carbonyl (C=O) groups is 2. The molecular formula is C16H16ClNO3. The van der Waals surface area contributed by atoms with Crippen LogP contribution >= 0.6 is 11.6 Å². The van der Waals surface area contributed by atoms with Gasteiger partial charge in [0.15, 0.2) is 0 Å². The van der Waals surface area contributed by atoms with E-state index in [0.717, 1.165) is 24.1 Å². The zero-order chi connectivity index (χ0) is 14.7. The molecule has 5 heteroatoms. The molecule has 1 aliphatic heterocycles. The second-order valence-corrected chi connectivity index (χ2v) is 6.81. The van der Waals surface area contributed by atoms with Gasteiger partial charge in [0.05, 0.1) is 11.8 Å². The van der Waals surface area contributed by atoms with Crippen molar-refractivity contribution in [3.63, 3.8) is 0 Å². The van der Waals surface area contributed by atoms with Crippen LogP contribution in [0.25, 0.3) is 0 Å². The monoisotopic (exact) mass is 305 g/mol. The number of rotatable bonds is 2. The summed E-state index contributed by atoms with van der Waals surface area (Å²) in [7, 11) is 0. The van der Waals surface area contributed by atoms with Gasteiger partial charge in [-0.1, -0.05) is 17.7 Å². The van der Waals surface area contributed by atoms with Gasteiger partial charge in [0.1, 0.15) is 6.10 Å². The maximum Gasteiger partial charge on any atom is 0.310 e. The molecule has 4 rings (SSSR count). The maximum atomic E-state index is 12.6. The number of fused-ring (bicyclic) bond motifs is 1. The summed E-state index contributed by atoms with van der Waals surface area (Å²) in [5, 5.41) is 3.54. The third-order valence-electron chi connectivity index (χ3n) is 5.24. The number of esters is 1. The van der Waals surface area contributed by atoms with Gasteiger partial charge in [-0.2, -0.15) is 0 Å². The predicted octanol–water partition coefficient (Wildman–Crippen LogP) is 2.78. The van der Waals surface area contributed by atoms with Gasteiger partial charge >= 0.3 is 5.97 Å². The lowest BCUT2D eigenvalue weighted by atomic mass is 9.79. The Morgan fingerprint density at radius 3 is 3.00 bits per heavy atom. The van der Waals surface area contributed by atoms with Crippen LogP contribution in [0.4, 0.5) is 5.69 Å². The average Bonchev–Trinajstić information content (AvgIpc) is 3.03. The van der Waals surface area contributed by atoms with Gasteiger partial charge in [-0.15, -0.1) is 0 Å². The molecule has 4 nitrogen and oxygen atoms in total. The van der Waals surface area contributed by atoms with E-state index in [9.17, 15) is 9.59 Å². The smallest absolute Gasteiger partial charge is 0.310 e. The van der Waals surface area contributed by atoms with E-state index in [2.05, 4.69) is 5.32 Å². The topological polar surface area (TPSA) is 55.4 Å². The fourth-order valence-corrected chi connectivity index (χ4v) is 4.48. The largest absolute Gasteiger partial charge is 0.462 e. The summed E-state index contributed by atoms with van der Waals surface area (Å²) in [4.78, 5) is 24.6. The molecule has 0 radical (unpaired) electrons. The van der Waals surface area contributed by atoms with E-state index in [-0.39, 0.29) is 41.7 Å². The molecule has 21 heavy (non-hydrogen) atoms. The summed E-state index contributed by atoms with van der Waals surface area (Å²) in [6.45, 7) is 1.92. The number of halogens is 1.